The van der Waals surface area contributed by atoms with Crippen LogP contribution in [-0.4, -0.2) is 28.9 Å². The first-order valence-corrected chi connectivity index (χ1v) is 7.88. The number of amides is 1. The minimum Gasteiger partial charge on any atom is -0.337 e. The first-order valence-electron chi connectivity index (χ1n) is 7.88. The molecule has 0 spiro atoms. The molecule has 1 saturated carbocycles. The fraction of sp³-hybridized carbons (Fsp3) is 0.444. The Morgan fingerprint density at radius 3 is 2.52 bits per heavy atom. The zero-order valence-corrected chi connectivity index (χ0v) is 12.6. The van der Waals surface area contributed by atoms with E-state index in [-0.39, 0.29) is 5.91 Å². The second-order valence-electron chi connectivity index (χ2n) is 5.95. The van der Waals surface area contributed by atoms with Crippen molar-refractivity contribution in [3.8, 4) is 0 Å². The summed E-state index contributed by atoms with van der Waals surface area (Å²) in [6.45, 7) is 0. The molecule has 3 nitrogen and oxygen atoms in total. The molecule has 0 radical (unpaired) electrons. The summed E-state index contributed by atoms with van der Waals surface area (Å²) in [5, 5.41) is 1.08. The first-order chi connectivity index (χ1) is 10.3. The highest BCUT2D eigenvalue weighted by molar-refractivity contribution is 5.94. The predicted octanol–water partition coefficient (Wildman–Crippen LogP) is 4.03. The number of carbonyl (C=O) groups is 1. The number of aromatic nitrogens is 1. The van der Waals surface area contributed by atoms with Gasteiger partial charge in [-0.1, -0.05) is 49.9 Å². The molecular weight excluding hydrogens is 260 g/mol. The van der Waals surface area contributed by atoms with E-state index >= 15 is 0 Å². The molecule has 1 aromatic heterocycles. The van der Waals surface area contributed by atoms with Gasteiger partial charge in [0.15, 0.2) is 0 Å². The van der Waals surface area contributed by atoms with Crippen molar-refractivity contribution in [3.05, 3.63) is 42.1 Å². The van der Waals surface area contributed by atoms with Crippen LogP contribution in [0.5, 0.6) is 0 Å². The molecule has 21 heavy (non-hydrogen) atoms. The van der Waals surface area contributed by atoms with Gasteiger partial charge in [0.05, 0.1) is 5.52 Å². The third-order valence-corrected chi connectivity index (χ3v) is 4.51. The molecule has 1 aromatic carbocycles. The summed E-state index contributed by atoms with van der Waals surface area (Å²) in [6, 6.07) is 12.1. The van der Waals surface area contributed by atoms with Crippen LogP contribution in [0.3, 0.4) is 0 Å². The second kappa shape index (κ2) is 6.25. The van der Waals surface area contributed by atoms with Crippen molar-refractivity contribution in [2.45, 2.75) is 44.6 Å². The van der Waals surface area contributed by atoms with Crippen molar-refractivity contribution in [2.75, 3.05) is 7.05 Å². The maximum absolute atomic E-state index is 12.7. The van der Waals surface area contributed by atoms with Crippen LogP contribution < -0.4 is 0 Å². The highest BCUT2D eigenvalue weighted by Crippen LogP contribution is 2.22. The molecule has 1 heterocycles. The Morgan fingerprint density at radius 2 is 1.76 bits per heavy atom. The fourth-order valence-electron chi connectivity index (χ4n) is 3.18. The Morgan fingerprint density at radius 1 is 1.05 bits per heavy atom. The van der Waals surface area contributed by atoms with Crippen molar-refractivity contribution in [2.24, 2.45) is 0 Å². The molecule has 1 amide bonds. The maximum Gasteiger partial charge on any atom is 0.272 e. The molecule has 1 aliphatic rings. The Bertz CT molecular complexity index is 630. The molecule has 2 aromatic rings. The van der Waals surface area contributed by atoms with Gasteiger partial charge in [0, 0.05) is 18.5 Å². The van der Waals surface area contributed by atoms with Gasteiger partial charge in [0.25, 0.3) is 5.91 Å². The lowest BCUT2D eigenvalue weighted by atomic mass is 10.1. The van der Waals surface area contributed by atoms with E-state index < -0.39 is 0 Å². The lowest BCUT2D eigenvalue weighted by molar-refractivity contribution is 0.0712. The highest BCUT2D eigenvalue weighted by Gasteiger charge is 2.23. The first kappa shape index (κ1) is 14.1. The Labute approximate surface area is 126 Å². The summed E-state index contributed by atoms with van der Waals surface area (Å²) in [5.74, 6) is 0.0488. The van der Waals surface area contributed by atoms with Crippen LogP contribution >= 0.6 is 0 Å². The molecular formula is C18H22N2O. The van der Waals surface area contributed by atoms with E-state index in [4.69, 9.17) is 0 Å². The van der Waals surface area contributed by atoms with Crippen LogP contribution in [0.25, 0.3) is 10.9 Å². The Kier molecular flexibility index (Phi) is 4.18. The smallest absolute Gasteiger partial charge is 0.272 e. The second-order valence-corrected chi connectivity index (χ2v) is 5.95. The molecule has 1 fully saturated rings. The van der Waals surface area contributed by atoms with Crippen molar-refractivity contribution >= 4 is 16.8 Å². The summed E-state index contributed by atoms with van der Waals surface area (Å²) in [6.07, 6.45) is 7.30. The summed E-state index contributed by atoms with van der Waals surface area (Å²) in [4.78, 5) is 19.1. The van der Waals surface area contributed by atoms with E-state index in [0.29, 0.717) is 11.7 Å². The predicted molar refractivity (Wildman–Crippen MR) is 85.3 cm³/mol. The van der Waals surface area contributed by atoms with Crippen molar-refractivity contribution in [1.29, 1.82) is 0 Å². The molecule has 0 N–H and O–H groups in total. The Balaban J connectivity index is 1.81. The summed E-state index contributed by atoms with van der Waals surface area (Å²) in [7, 11) is 1.93. The van der Waals surface area contributed by atoms with E-state index in [1.165, 1.54) is 25.7 Å². The van der Waals surface area contributed by atoms with Gasteiger partial charge < -0.3 is 4.90 Å². The van der Waals surface area contributed by atoms with Crippen molar-refractivity contribution < 1.29 is 4.79 Å². The standard InChI is InChI=1S/C18H22N2O/c1-20(15-9-4-2-3-5-10-15)18(21)17-13-12-14-8-6-7-11-16(14)19-17/h6-8,11-13,15H,2-5,9-10H2,1H3. The average molecular weight is 282 g/mol. The average Bonchev–Trinajstić information content (AvgIpc) is 2.82. The molecule has 0 saturated heterocycles. The third kappa shape index (κ3) is 3.07. The minimum atomic E-state index is 0.0488. The van der Waals surface area contributed by atoms with E-state index in [9.17, 15) is 4.79 Å². The molecule has 3 heteroatoms. The van der Waals surface area contributed by atoms with Gasteiger partial charge >= 0.3 is 0 Å². The van der Waals surface area contributed by atoms with Gasteiger partial charge in [-0.2, -0.15) is 0 Å². The Hall–Kier alpha value is -1.90. The van der Waals surface area contributed by atoms with Crippen LogP contribution in [0.1, 0.15) is 49.0 Å². The third-order valence-electron chi connectivity index (χ3n) is 4.51. The van der Waals surface area contributed by atoms with Crippen LogP contribution in [0.15, 0.2) is 36.4 Å². The number of rotatable bonds is 2. The number of hydrogen-bond acceptors (Lipinski definition) is 2. The van der Waals surface area contributed by atoms with Crippen molar-refractivity contribution in [1.82, 2.24) is 9.88 Å². The minimum absolute atomic E-state index is 0.0488. The van der Waals surface area contributed by atoms with E-state index in [2.05, 4.69) is 4.98 Å². The molecule has 0 aliphatic heterocycles. The zero-order chi connectivity index (χ0) is 14.7. The molecule has 1 aliphatic carbocycles. The monoisotopic (exact) mass is 282 g/mol. The number of fused-ring (bicyclic) bond motifs is 1. The van der Waals surface area contributed by atoms with Gasteiger partial charge in [-0.3, -0.25) is 4.79 Å². The van der Waals surface area contributed by atoms with E-state index in [1.807, 2.05) is 48.3 Å². The number of benzene rings is 1. The van der Waals surface area contributed by atoms with Gasteiger partial charge in [0.1, 0.15) is 5.69 Å². The van der Waals surface area contributed by atoms with Gasteiger partial charge in [-0.05, 0) is 25.0 Å². The molecule has 3 rings (SSSR count). The number of hydrogen-bond donors (Lipinski definition) is 0. The van der Waals surface area contributed by atoms with E-state index in [1.54, 1.807) is 0 Å². The van der Waals surface area contributed by atoms with Crippen LogP contribution in [0.2, 0.25) is 0 Å². The normalized spacial score (nSPS) is 16.6. The molecule has 0 bridgehead atoms. The molecule has 110 valence electrons. The van der Waals surface area contributed by atoms with Gasteiger partial charge in [-0.15, -0.1) is 0 Å². The maximum atomic E-state index is 12.7. The fourth-order valence-corrected chi connectivity index (χ4v) is 3.18. The van der Waals surface area contributed by atoms with Crippen LogP contribution in [0.4, 0.5) is 0 Å². The highest BCUT2D eigenvalue weighted by atomic mass is 16.2. The van der Waals surface area contributed by atoms with Gasteiger partial charge in [-0.25, -0.2) is 4.98 Å². The topological polar surface area (TPSA) is 33.2 Å². The summed E-state index contributed by atoms with van der Waals surface area (Å²) >= 11 is 0. The lowest BCUT2D eigenvalue weighted by Crippen LogP contribution is -2.37. The molecule has 0 unspecified atom stereocenters. The SMILES string of the molecule is CN(C(=O)c1ccc2ccccc2n1)C1CCCCCC1. The number of carbonyl (C=O) groups excluding carboxylic acids is 1. The van der Waals surface area contributed by atoms with Crippen molar-refractivity contribution in [3.63, 3.8) is 0 Å². The van der Waals surface area contributed by atoms with E-state index in [0.717, 1.165) is 23.7 Å². The van der Waals surface area contributed by atoms with Crippen LogP contribution in [-0.2, 0) is 0 Å². The summed E-state index contributed by atoms with van der Waals surface area (Å²) < 4.78 is 0. The number of para-hydroxylation sites is 1. The quantitative estimate of drug-likeness (QED) is 0.779. The summed E-state index contributed by atoms with van der Waals surface area (Å²) in [5.41, 5.74) is 1.44. The number of pyridine rings is 1. The lowest BCUT2D eigenvalue weighted by Gasteiger charge is -2.27. The van der Waals surface area contributed by atoms with Crippen LogP contribution in [0, 0.1) is 0 Å². The molecule has 0 atom stereocenters. The van der Waals surface area contributed by atoms with Gasteiger partial charge in [0.2, 0.25) is 0 Å². The number of nitrogens with zero attached hydrogens (tertiary/aromatic N) is 2. The zero-order valence-electron chi connectivity index (χ0n) is 12.6. The largest absolute Gasteiger partial charge is 0.337 e.